The molecule has 104 valence electrons. The zero-order valence-electron chi connectivity index (χ0n) is 10.6. The minimum Gasteiger partial charge on any atom is -0.263 e. The Morgan fingerprint density at radius 2 is 1.95 bits per heavy atom. The summed E-state index contributed by atoms with van der Waals surface area (Å²) < 4.78 is 24.7. The van der Waals surface area contributed by atoms with Crippen molar-refractivity contribution < 1.29 is 8.42 Å². The molecule has 0 bridgehead atoms. The molecule has 1 N–H and O–H groups in total. The van der Waals surface area contributed by atoms with Gasteiger partial charge < -0.3 is 0 Å². The van der Waals surface area contributed by atoms with E-state index >= 15 is 0 Å². The van der Waals surface area contributed by atoms with Crippen molar-refractivity contribution in [2.45, 2.75) is 11.8 Å². The fourth-order valence-corrected chi connectivity index (χ4v) is 2.61. The van der Waals surface area contributed by atoms with Crippen molar-refractivity contribution >= 4 is 32.2 Å². The maximum absolute atomic E-state index is 12.0. The zero-order chi connectivity index (χ0) is 14.6. The SMILES string of the molecule is Cc1ccc(S(=O)(=O)N/N=C/c2cncc(Br)c2)cc1. The van der Waals surface area contributed by atoms with Gasteiger partial charge in [0.1, 0.15) is 0 Å². The number of aromatic nitrogens is 1. The van der Waals surface area contributed by atoms with Gasteiger partial charge in [-0.15, -0.1) is 0 Å². The van der Waals surface area contributed by atoms with Crippen LogP contribution in [0.1, 0.15) is 11.1 Å². The van der Waals surface area contributed by atoms with Gasteiger partial charge in [-0.05, 0) is 41.1 Å². The van der Waals surface area contributed by atoms with Crippen molar-refractivity contribution in [3.8, 4) is 0 Å². The summed E-state index contributed by atoms with van der Waals surface area (Å²) in [6.45, 7) is 1.89. The number of sulfonamides is 1. The van der Waals surface area contributed by atoms with E-state index in [4.69, 9.17) is 0 Å². The number of hydrogen-bond acceptors (Lipinski definition) is 4. The van der Waals surface area contributed by atoms with Gasteiger partial charge in [0.25, 0.3) is 10.0 Å². The lowest BCUT2D eigenvalue weighted by atomic mass is 10.2. The molecular formula is C13H12BrN3O2S. The van der Waals surface area contributed by atoms with Crippen LogP contribution in [0, 0.1) is 6.92 Å². The van der Waals surface area contributed by atoms with E-state index < -0.39 is 10.0 Å². The van der Waals surface area contributed by atoms with Crippen LogP contribution in [0.3, 0.4) is 0 Å². The molecule has 0 fully saturated rings. The van der Waals surface area contributed by atoms with E-state index in [9.17, 15) is 8.42 Å². The second-order valence-corrected chi connectivity index (χ2v) is 6.68. The zero-order valence-corrected chi connectivity index (χ0v) is 13.0. The van der Waals surface area contributed by atoms with Crippen molar-refractivity contribution in [2.24, 2.45) is 5.10 Å². The first-order valence-electron chi connectivity index (χ1n) is 5.69. The van der Waals surface area contributed by atoms with Crippen molar-refractivity contribution in [1.29, 1.82) is 0 Å². The van der Waals surface area contributed by atoms with E-state index in [0.29, 0.717) is 5.56 Å². The van der Waals surface area contributed by atoms with Crippen molar-refractivity contribution in [2.75, 3.05) is 0 Å². The molecule has 0 radical (unpaired) electrons. The van der Waals surface area contributed by atoms with Gasteiger partial charge >= 0.3 is 0 Å². The summed E-state index contributed by atoms with van der Waals surface area (Å²) in [7, 11) is -3.64. The normalized spacial score (nSPS) is 11.7. The van der Waals surface area contributed by atoms with Crippen LogP contribution in [0.2, 0.25) is 0 Å². The fourth-order valence-electron chi connectivity index (χ4n) is 1.44. The molecule has 0 spiro atoms. The Labute approximate surface area is 125 Å². The van der Waals surface area contributed by atoms with Crippen LogP contribution in [0.4, 0.5) is 0 Å². The average molecular weight is 354 g/mol. The lowest BCUT2D eigenvalue weighted by molar-refractivity contribution is 0.584. The van der Waals surface area contributed by atoms with E-state index in [2.05, 4.69) is 30.8 Å². The summed E-state index contributed by atoms with van der Waals surface area (Å²) in [5, 5.41) is 3.73. The maximum atomic E-state index is 12.0. The topological polar surface area (TPSA) is 71.4 Å². The second-order valence-electron chi connectivity index (χ2n) is 4.10. The molecule has 0 aliphatic carbocycles. The van der Waals surface area contributed by atoms with Crippen LogP contribution in [0.15, 0.2) is 57.2 Å². The third-order valence-corrected chi connectivity index (χ3v) is 4.12. The van der Waals surface area contributed by atoms with E-state index in [0.717, 1.165) is 10.0 Å². The van der Waals surface area contributed by atoms with Crippen LogP contribution < -0.4 is 4.83 Å². The molecule has 0 saturated heterocycles. The Morgan fingerprint density at radius 3 is 2.60 bits per heavy atom. The smallest absolute Gasteiger partial charge is 0.263 e. The van der Waals surface area contributed by atoms with E-state index in [-0.39, 0.29) is 4.90 Å². The summed E-state index contributed by atoms with van der Waals surface area (Å²) in [5.74, 6) is 0. The lowest BCUT2D eigenvalue weighted by Gasteiger charge is -2.03. The summed E-state index contributed by atoms with van der Waals surface area (Å²) in [6.07, 6.45) is 4.60. The monoisotopic (exact) mass is 353 g/mol. The maximum Gasteiger partial charge on any atom is 0.276 e. The Hall–Kier alpha value is -1.73. The molecule has 0 atom stereocenters. The van der Waals surface area contributed by atoms with Gasteiger partial charge in [0.05, 0.1) is 11.1 Å². The largest absolute Gasteiger partial charge is 0.276 e. The summed E-state index contributed by atoms with van der Waals surface area (Å²) in [6, 6.07) is 8.31. The Morgan fingerprint density at radius 1 is 1.25 bits per heavy atom. The number of hydrazone groups is 1. The fraction of sp³-hybridized carbons (Fsp3) is 0.0769. The highest BCUT2D eigenvalue weighted by atomic mass is 79.9. The number of rotatable bonds is 4. The van der Waals surface area contributed by atoms with Gasteiger partial charge in [0.15, 0.2) is 0 Å². The standard InChI is InChI=1S/C13H12BrN3O2S/c1-10-2-4-13(5-3-10)20(18,19)17-16-8-11-6-12(14)9-15-7-11/h2-9,17H,1H3/b16-8+. The van der Waals surface area contributed by atoms with Crippen LogP contribution in [0.5, 0.6) is 0 Å². The van der Waals surface area contributed by atoms with E-state index in [1.807, 2.05) is 6.92 Å². The van der Waals surface area contributed by atoms with Gasteiger partial charge in [-0.25, -0.2) is 4.83 Å². The van der Waals surface area contributed by atoms with Gasteiger partial charge in [-0.2, -0.15) is 13.5 Å². The highest BCUT2D eigenvalue weighted by molar-refractivity contribution is 9.10. The lowest BCUT2D eigenvalue weighted by Crippen LogP contribution is -2.18. The summed E-state index contributed by atoms with van der Waals surface area (Å²) in [4.78, 5) is 6.29. The Bertz CT molecular complexity index is 728. The molecule has 0 unspecified atom stereocenters. The second kappa shape index (κ2) is 6.15. The van der Waals surface area contributed by atoms with Crippen LogP contribution in [0.25, 0.3) is 0 Å². The molecule has 2 rings (SSSR count). The molecule has 2 aromatic rings. The quantitative estimate of drug-likeness (QED) is 0.677. The molecule has 20 heavy (non-hydrogen) atoms. The molecule has 5 nitrogen and oxygen atoms in total. The molecular weight excluding hydrogens is 342 g/mol. The summed E-state index contributed by atoms with van der Waals surface area (Å²) in [5.41, 5.74) is 1.68. The Balaban J connectivity index is 2.11. The number of aryl methyl sites for hydroxylation is 1. The predicted molar refractivity (Wildman–Crippen MR) is 81.0 cm³/mol. The molecule has 0 aliphatic rings. The van der Waals surface area contributed by atoms with Crippen LogP contribution >= 0.6 is 15.9 Å². The third-order valence-electron chi connectivity index (χ3n) is 2.44. The molecule has 0 amide bonds. The number of benzene rings is 1. The molecule has 7 heteroatoms. The van der Waals surface area contributed by atoms with E-state index in [1.165, 1.54) is 18.3 Å². The predicted octanol–water partition coefficient (Wildman–Crippen LogP) is 2.46. The van der Waals surface area contributed by atoms with E-state index in [1.54, 1.807) is 30.6 Å². The number of hydrogen-bond donors (Lipinski definition) is 1. The first kappa shape index (κ1) is 14.7. The molecule has 0 saturated carbocycles. The van der Waals surface area contributed by atoms with Crippen LogP contribution in [-0.4, -0.2) is 19.6 Å². The minimum absolute atomic E-state index is 0.174. The highest BCUT2D eigenvalue weighted by Gasteiger charge is 2.11. The first-order valence-corrected chi connectivity index (χ1v) is 7.97. The molecule has 1 aromatic heterocycles. The Kier molecular flexibility index (Phi) is 4.51. The highest BCUT2D eigenvalue weighted by Crippen LogP contribution is 2.10. The van der Waals surface area contributed by atoms with Gasteiger partial charge in [-0.1, -0.05) is 17.7 Å². The number of halogens is 1. The molecule has 1 aromatic carbocycles. The van der Waals surface area contributed by atoms with Crippen molar-refractivity contribution in [3.05, 3.63) is 58.3 Å². The first-order chi connectivity index (χ1) is 9.47. The van der Waals surface area contributed by atoms with Crippen molar-refractivity contribution in [1.82, 2.24) is 9.82 Å². The van der Waals surface area contributed by atoms with Gasteiger partial charge in [0.2, 0.25) is 0 Å². The third kappa shape index (κ3) is 3.88. The average Bonchev–Trinajstić information content (AvgIpc) is 2.39. The van der Waals surface area contributed by atoms with Crippen LogP contribution in [-0.2, 0) is 10.0 Å². The van der Waals surface area contributed by atoms with Crippen molar-refractivity contribution in [3.63, 3.8) is 0 Å². The van der Waals surface area contributed by atoms with Gasteiger partial charge in [0, 0.05) is 22.4 Å². The molecule has 1 heterocycles. The summed E-state index contributed by atoms with van der Waals surface area (Å²) >= 11 is 3.27. The minimum atomic E-state index is -3.64. The number of pyridine rings is 1. The number of nitrogens with zero attached hydrogens (tertiary/aromatic N) is 2. The van der Waals surface area contributed by atoms with Gasteiger partial charge in [-0.3, -0.25) is 4.98 Å². The molecule has 0 aliphatic heterocycles. The number of nitrogens with one attached hydrogen (secondary N) is 1.